The second-order valence-electron chi connectivity index (χ2n) is 5.12. The molecule has 19 heavy (non-hydrogen) atoms. The van der Waals surface area contributed by atoms with Gasteiger partial charge in [-0.3, -0.25) is 0 Å². The van der Waals surface area contributed by atoms with Crippen LogP contribution in [0.4, 0.5) is 18.9 Å². The third-order valence-corrected chi connectivity index (χ3v) is 4.12. The number of rotatable bonds is 5. The highest BCUT2D eigenvalue weighted by atomic mass is 79.9. The summed E-state index contributed by atoms with van der Waals surface area (Å²) < 4.78 is 38.2. The van der Waals surface area contributed by atoms with Gasteiger partial charge in [-0.1, -0.05) is 19.8 Å². The lowest BCUT2D eigenvalue weighted by molar-refractivity contribution is -0.137. The third kappa shape index (κ3) is 4.13. The van der Waals surface area contributed by atoms with Gasteiger partial charge in [-0.05, 0) is 52.9 Å². The van der Waals surface area contributed by atoms with Gasteiger partial charge in [0.1, 0.15) is 0 Å². The summed E-state index contributed by atoms with van der Waals surface area (Å²) in [6.07, 6.45) is 0.353. The van der Waals surface area contributed by atoms with E-state index in [1.165, 1.54) is 18.9 Å². The third-order valence-electron chi connectivity index (χ3n) is 3.46. The van der Waals surface area contributed by atoms with E-state index in [-0.39, 0.29) is 0 Å². The number of anilines is 1. The molecule has 0 amide bonds. The van der Waals surface area contributed by atoms with E-state index in [0.717, 1.165) is 36.6 Å². The molecule has 1 nitrogen and oxygen atoms in total. The SMILES string of the molecule is CCC(CC1CC1)Nc1ccc(C(F)(F)F)cc1Br. The zero-order valence-electron chi connectivity index (χ0n) is 10.7. The number of hydrogen-bond acceptors (Lipinski definition) is 1. The largest absolute Gasteiger partial charge is 0.416 e. The number of hydrogen-bond donors (Lipinski definition) is 1. The molecule has 0 heterocycles. The van der Waals surface area contributed by atoms with Gasteiger partial charge in [-0.15, -0.1) is 0 Å². The van der Waals surface area contributed by atoms with Crippen molar-refractivity contribution in [3.05, 3.63) is 28.2 Å². The first-order chi connectivity index (χ1) is 8.90. The summed E-state index contributed by atoms with van der Waals surface area (Å²) >= 11 is 3.22. The van der Waals surface area contributed by atoms with E-state index < -0.39 is 11.7 Å². The zero-order valence-corrected chi connectivity index (χ0v) is 12.3. The summed E-state index contributed by atoms with van der Waals surface area (Å²) in [6.45, 7) is 2.10. The van der Waals surface area contributed by atoms with Gasteiger partial charge in [0.25, 0.3) is 0 Å². The molecule has 0 aliphatic heterocycles. The first-order valence-electron chi connectivity index (χ1n) is 6.53. The quantitative estimate of drug-likeness (QED) is 0.753. The van der Waals surface area contributed by atoms with E-state index in [0.29, 0.717) is 10.5 Å². The maximum atomic E-state index is 12.6. The summed E-state index contributed by atoms with van der Waals surface area (Å²) in [4.78, 5) is 0. The van der Waals surface area contributed by atoms with Gasteiger partial charge in [-0.2, -0.15) is 13.2 Å². The molecule has 1 aromatic carbocycles. The van der Waals surface area contributed by atoms with Gasteiger partial charge in [0.15, 0.2) is 0 Å². The van der Waals surface area contributed by atoms with Crippen LogP contribution in [-0.4, -0.2) is 6.04 Å². The number of alkyl halides is 3. The Hall–Kier alpha value is -0.710. The fourth-order valence-electron chi connectivity index (χ4n) is 2.11. The summed E-state index contributed by atoms with van der Waals surface area (Å²) in [5.41, 5.74) is 0.112. The Morgan fingerprint density at radius 1 is 1.37 bits per heavy atom. The summed E-state index contributed by atoms with van der Waals surface area (Å²) in [5.74, 6) is 0.797. The smallest absolute Gasteiger partial charge is 0.381 e. The highest BCUT2D eigenvalue weighted by molar-refractivity contribution is 9.10. The van der Waals surface area contributed by atoms with Crippen LogP contribution in [0.3, 0.4) is 0 Å². The lowest BCUT2D eigenvalue weighted by Crippen LogP contribution is -2.19. The molecule has 0 saturated heterocycles. The number of benzene rings is 1. The topological polar surface area (TPSA) is 12.0 Å². The molecule has 1 N–H and O–H groups in total. The molecule has 1 fully saturated rings. The zero-order chi connectivity index (χ0) is 14.0. The molecule has 0 radical (unpaired) electrons. The molecule has 1 aliphatic rings. The molecule has 1 atom stereocenters. The molecule has 0 spiro atoms. The van der Waals surface area contributed by atoms with Gasteiger partial charge in [0, 0.05) is 16.2 Å². The highest BCUT2D eigenvalue weighted by Gasteiger charge is 2.31. The Kier molecular flexibility index (Phi) is 4.43. The van der Waals surface area contributed by atoms with E-state index in [4.69, 9.17) is 0 Å². The molecule has 1 saturated carbocycles. The normalized spacial score (nSPS) is 17.3. The molecule has 1 unspecified atom stereocenters. The fraction of sp³-hybridized carbons (Fsp3) is 0.571. The Labute approximate surface area is 119 Å². The van der Waals surface area contributed by atoms with Gasteiger partial charge < -0.3 is 5.32 Å². The molecule has 106 valence electrons. The van der Waals surface area contributed by atoms with Gasteiger partial charge in [0.2, 0.25) is 0 Å². The van der Waals surface area contributed by atoms with E-state index in [2.05, 4.69) is 28.2 Å². The maximum Gasteiger partial charge on any atom is 0.416 e. The first kappa shape index (κ1) is 14.7. The molecular formula is C14H17BrF3N. The molecule has 1 aliphatic carbocycles. The van der Waals surface area contributed by atoms with E-state index in [1.807, 2.05) is 0 Å². The molecule has 0 bridgehead atoms. The monoisotopic (exact) mass is 335 g/mol. The summed E-state index contributed by atoms with van der Waals surface area (Å²) in [7, 11) is 0. The van der Waals surface area contributed by atoms with Crippen molar-refractivity contribution in [2.24, 2.45) is 5.92 Å². The van der Waals surface area contributed by atoms with Crippen LogP contribution in [-0.2, 0) is 6.18 Å². The minimum absolute atomic E-state index is 0.334. The highest BCUT2D eigenvalue weighted by Crippen LogP contribution is 2.37. The van der Waals surface area contributed by atoms with Crippen molar-refractivity contribution in [2.75, 3.05) is 5.32 Å². The van der Waals surface area contributed by atoms with Gasteiger partial charge in [-0.25, -0.2) is 0 Å². The second kappa shape index (κ2) is 5.73. The van der Waals surface area contributed by atoms with Gasteiger partial charge >= 0.3 is 6.18 Å². The Morgan fingerprint density at radius 3 is 2.53 bits per heavy atom. The number of nitrogens with one attached hydrogen (secondary N) is 1. The summed E-state index contributed by atoms with van der Waals surface area (Å²) in [6, 6.07) is 4.09. The Balaban J connectivity index is 2.07. The van der Waals surface area contributed by atoms with Crippen LogP contribution in [0.15, 0.2) is 22.7 Å². The molecule has 2 rings (SSSR count). The fourth-order valence-corrected chi connectivity index (χ4v) is 2.61. The lowest BCUT2D eigenvalue weighted by atomic mass is 10.1. The molecule has 0 aromatic heterocycles. The second-order valence-corrected chi connectivity index (χ2v) is 5.98. The molecule has 5 heteroatoms. The van der Waals surface area contributed by atoms with Crippen molar-refractivity contribution >= 4 is 21.6 Å². The molecular weight excluding hydrogens is 319 g/mol. The van der Waals surface area contributed by atoms with Crippen molar-refractivity contribution in [1.29, 1.82) is 0 Å². The van der Waals surface area contributed by atoms with Crippen LogP contribution in [0.2, 0.25) is 0 Å². The first-order valence-corrected chi connectivity index (χ1v) is 7.32. The lowest BCUT2D eigenvalue weighted by Gasteiger charge is -2.19. The van der Waals surface area contributed by atoms with Crippen molar-refractivity contribution < 1.29 is 13.2 Å². The van der Waals surface area contributed by atoms with E-state index >= 15 is 0 Å². The standard InChI is InChI=1S/C14H17BrF3N/c1-2-11(7-9-3-4-9)19-13-6-5-10(8-12(13)15)14(16,17)18/h5-6,8-9,11,19H,2-4,7H2,1H3. The van der Waals surface area contributed by atoms with Crippen molar-refractivity contribution in [3.63, 3.8) is 0 Å². The van der Waals surface area contributed by atoms with E-state index in [9.17, 15) is 13.2 Å². The molecule has 1 aromatic rings. The van der Waals surface area contributed by atoms with Crippen LogP contribution in [0.5, 0.6) is 0 Å². The minimum Gasteiger partial charge on any atom is -0.381 e. The Bertz CT molecular complexity index is 441. The van der Waals surface area contributed by atoms with Crippen molar-refractivity contribution in [3.8, 4) is 0 Å². The predicted molar refractivity (Wildman–Crippen MR) is 74.2 cm³/mol. The van der Waals surface area contributed by atoms with Crippen LogP contribution in [0.1, 0.15) is 38.2 Å². The average molecular weight is 336 g/mol. The van der Waals surface area contributed by atoms with E-state index in [1.54, 1.807) is 0 Å². The minimum atomic E-state index is -4.29. The van der Waals surface area contributed by atoms with Crippen LogP contribution < -0.4 is 5.32 Å². The van der Waals surface area contributed by atoms with Crippen LogP contribution >= 0.6 is 15.9 Å². The predicted octanol–water partition coefficient (Wildman–Crippen LogP) is 5.46. The van der Waals surface area contributed by atoms with Crippen LogP contribution in [0, 0.1) is 5.92 Å². The van der Waals surface area contributed by atoms with Crippen LogP contribution in [0.25, 0.3) is 0 Å². The average Bonchev–Trinajstić information content (AvgIpc) is 3.13. The van der Waals surface area contributed by atoms with Gasteiger partial charge in [0.05, 0.1) is 5.56 Å². The number of halogens is 4. The Morgan fingerprint density at radius 2 is 2.05 bits per heavy atom. The maximum absolute atomic E-state index is 12.6. The summed E-state index contributed by atoms with van der Waals surface area (Å²) in [5, 5.41) is 3.33. The van der Waals surface area contributed by atoms with Crippen molar-refractivity contribution in [1.82, 2.24) is 0 Å². The van der Waals surface area contributed by atoms with Crippen molar-refractivity contribution in [2.45, 2.75) is 44.8 Å².